The lowest BCUT2D eigenvalue weighted by Gasteiger charge is -2.31. The number of nitrogens with one attached hydrogen (secondary N) is 1. The Hall–Kier alpha value is -1.07. The van der Waals surface area contributed by atoms with Gasteiger partial charge in [0.05, 0.1) is 6.10 Å². The Morgan fingerprint density at radius 2 is 2.10 bits per heavy atom. The molecular formula is C16H23BrN2O2. The highest BCUT2D eigenvalue weighted by Crippen LogP contribution is 2.16. The zero-order chi connectivity index (χ0) is 15.1. The maximum Gasteiger partial charge on any atom is 0.317 e. The minimum atomic E-state index is 0.0389. The quantitative estimate of drug-likeness (QED) is 0.881. The zero-order valence-electron chi connectivity index (χ0n) is 12.5. The molecule has 1 aromatic rings. The van der Waals surface area contributed by atoms with Gasteiger partial charge >= 0.3 is 6.03 Å². The van der Waals surface area contributed by atoms with E-state index in [1.54, 1.807) is 0 Å². The van der Waals surface area contributed by atoms with Gasteiger partial charge in [-0.25, -0.2) is 4.79 Å². The molecule has 4 nitrogen and oxygen atoms in total. The van der Waals surface area contributed by atoms with Gasteiger partial charge in [-0.3, -0.25) is 0 Å². The lowest BCUT2D eigenvalue weighted by atomic mass is 10.1. The van der Waals surface area contributed by atoms with Crippen molar-refractivity contribution in [1.29, 1.82) is 0 Å². The van der Waals surface area contributed by atoms with Crippen LogP contribution >= 0.6 is 15.9 Å². The number of carbonyl (C=O) groups excluding carboxylic acids is 1. The number of rotatable bonds is 5. The number of benzene rings is 1. The van der Waals surface area contributed by atoms with Crippen LogP contribution in [0.4, 0.5) is 4.79 Å². The molecule has 0 spiro atoms. The standard InChI is InChI=1S/C16H23BrN2O2/c1-2-21-14-8-11-19(12-9-14)16(20)18-10-7-13-5-3-4-6-15(13)17/h3-6,14H,2,7-12H2,1H3,(H,18,20). The summed E-state index contributed by atoms with van der Waals surface area (Å²) < 4.78 is 6.69. The molecule has 1 aliphatic rings. The van der Waals surface area contributed by atoms with Crippen LogP contribution in [-0.2, 0) is 11.2 Å². The van der Waals surface area contributed by atoms with Crippen LogP contribution in [0.25, 0.3) is 0 Å². The number of likely N-dealkylation sites (tertiary alicyclic amines) is 1. The van der Waals surface area contributed by atoms with Gasteiger partial charge < -0.3 is 15.0 Å². The normalized spacial score (nSPS) is 16.0. The number of hydrogen-bond acceptors (Lipinski definition) is 2. The van der Waals surface area contributed by atoms with Crippen molar-refractivity contribution in [1.82, 2.24) is 10.2 Å². The van der Waals surface area contributed by atoms with E-state index in [4.69, 9.17) is 4.74 Å². The molecular weight excluding hydrogens is 332 g/mol. The largest absolute Gasteiger partial charge is 0.378 e. The minimum absolute atomic E-state index is 0.0389. The van der Waals surface area contributed by atoms with E-state index in [9.17, 15) is 4.79 Å². The highest BCUT2D eigenvalue weighted by Gasteiger charge is 2.22. The first-order valence-corrected chi connectivity index (χ1v) is 8.37. The van der Waals surface area contributed by atoms with Gasteiger partial charge in [0.25, 0.3) is 0 Å². The van der Waals surface area contributed by atoms with E-state index in [2.05, 4.69) is 27.3 Å². The first-order valence-electron chi connectivity index (χ1n) is 7.58. The van der Waals surface area contributed by atoms with Crippen LogP contribution < -0.4 is 5.32 Å². The number of halogens is 1. The Bertz CT molecular complexity index is 459. The molecule has 0 radical (unpaired) electrons. The predicted octanol–water partition coefficient (Wildman–Crippen LogP) is 3.20. The summed E-state index contributed by atoms with van der Waals surface area (Å²) in [5.74, 6) is 0. The summed E-state index contributed by atoms with van der Waals surface area (Å²) >= 11 is 3.52. The van der Waals surface area contributed by atoms with E-state index >= 15 is 0 Å². The molecule has 0 atom stereocenters. The van der Waals surface area contributed by atoms with Gasteiger partial charge in [-0.15, -0.1) is 0 Å². The van der Waals surface area contributed by atoms with Gasteiger partial charge in [0.15, 0.2) is 0 Å². The Labute approximate surface area is 135 Å². The second-order valence-electron chi connectivity index (χ2n) is 5.22. The van der Waals surface area contributed by atoms with Gasteiger partial charge in [-0.2, -0.15) is 0 Å². The third kappa shape index (κ3) is 5.00. The number of nitrogens with zero attached hydrogens (tertiary/aromatic N) is 1. The van der Waals surface area contributed by atoms with Crippen molar-refractivity contribution in [2.45, 2.75) is 32.3 Å². The first-order chi connectivity index (χ1) is 10.2. The summed E-state index contributed by atoms with van der Waals surface area (Å²) in [6, 6.07) is 8.14. The molecule has 21 heavy (non-hydrogen) atoms. The summed E-state index contributed by atoms with van der Waals surface area (Å²) in [6.07, 6.45) is 3.03. The monoisotopic (exact) mass is 354 g/mol. The summed E-state index contributed by atoms with van der Waals surface area (Å²) in [6.45, 7) is 4.99. The Kier molecular flexibility index (Phi) is 6.51. The molecule has 1 aromatic carbocycles. The van der Waals surface area contributed by atoms with Crippen LogP contribution in [-0.4, -0.2) is 43.3 Å². The van der Waals surface area contributed by atoms with Gasteiger partial charge in [0, 0.05) is 30.7 Å². The maximum absolute atomic E-state index is 12.1. The van der Waals surface area contributed by atoms with Gasteiger partial charge in [0.1, 0.15) is 0 Å². The molecule has 0 saturated carbocycles. The van der Waals surface area contributed by atoms with Crippen LogP contribution in [0.5, 0.6) is 0 Å². The average Bonchev–Trinajstić information content (AvgIpc) is 2.50. The summed E-state index contributed by atoms with van der Waals surface area (Å²) in [5.41, 5.74) is 1.22. The Morgan fingerprint density at radius 1 is 1.38 bits per heavy atom. The van der Waals surface area contributed by atoms with Crippen molar-refractivity contribution in [2.24, 2.45) is 0 Å². The first kappa shape index (κ1) is 16.3. The molecule has 0 aromatic heterocycles. The van der Waals surface area contributed by atoms with Crippen molar-refractivity contribution in [3.8, 4) is 0 Å². The third-order valence-corrected chi connectivity index (χ3v) is 4.53. The molecule has 0 aliphatic carbocycles. The van der Waals surface area contributed by atoms with Gasteiger partial charge in [0.2, 0.25) is 0 Å². The van der Waals surface area contributed by atoms with Crippen molar-refractivity contribution < 1.29 is 9.53 Å². The topological polar surface area (TPSA) is 41.6 Å². The van der Waals surface area contributed by atoms with Crippen LogP contribution in [0.3, 0.4) is 0 Å². The minimum Gasteiger partial charge on any atom is -0.378 e. The zero-order valence-corrected chi connectivity index (χ0v) is 14.1. The lowest BCUT2D eigenvalue weighted by molar-refractivity contribution is 0.0220. The fourth-order valence-corrected chi connectivity index (χ4v) is 3.06. The van der Waals surface area contributed by atoms with E-state index < -0.39 is 0 Å². The smallest absolute Gasteiger partial charge is 0.317 e. The van der Waals surface area contributed by atoms with Crippen molar-refractivity contribution in [3.63, 3.8) is 0 Å². The molecule has 2 amide bonds. The Balaban J connectivity index is 1.70. The molecule has 1 heterocycles. The Morgan fingerprint density at radius 3 is 2.76 bits per heavy atom. The number of ether oxygens (including phenoxy) is 1. The molecule has 0 unspecified atom stereocenters. The van der Waals surface area contributed by atoms with Crippen LogP contribution in [0.2, 0.25) is 0 Å². The van der Waals surface area contributed by atoms with E-state index in [0.717, 1.165) is 43.4 Å². The second-order valence-corrected chi connectivity index (χ2v) is 6.07. The van der Waals surface area contributed by atoms with E-state index in [-0.39, 0.29) is 6.03 Å². The fraction of sp³-hybridized carbons (Fsp3) is 0.562. The number of piperidine rings is 1. The SMILES string of the molecule is CCOC1CCN(C(=O)NCCc2ccccc2Br)CC1. The number of urea groups is 1. The van der Waals surface area contributed by atoms with E-state index in [1.807, 2.05) is 30.0 Å². The molecule has 0 bridgehead atoms. The summed E-state index contributed by atoms with van der Waals surface area (Å²) in [7, 11) is 0. The average molecular weight is 355 g/mol. The van der Waals surface area contributed by atoms with E-state index in [1.165, 1.54) is 5.56 Å². The van der Waals surface area contributed by atoms with Crippen molar-refractivity contribution >= 4 is 22.0 Å². The number of amides is 2. The van der Waals surface area contributed by atoms with Gasteiger partial charge in [-0.05, 0) is 37.8 Å². The van der Waals surface area contributed by atoms with Gasteiger partial charge in [-0.1, -0.05) is 34.1 Å². The molecule has 1 N–H and O–H groups in total. The highest BCUT2D eigenvalue weighted by molar-refractivity contribution is 9.10. The highest BCUT2D eigenvalue weighted by atomic mass is 79.9. The lowest BCUT2D eigenvalue weighted by Crippen LogP contribution is -2.46. The van der Waals surface area contributed by atoms with Crippen molar-refractivity contribution in [2.75, 3.05) is 26.2 Å². The van der Waals surface area contributed by atoms with Crippen LogP contribution in [0, 0.1) is 0 Å². The molecule has 5 heteroatoms. The molecule has 2 rings (SSSR count). The van der Waals surface area contributed by atoms with Crippen LogP contribution in [0.15, 0.2) is 28.7 Å². The molecule has 116 valence electrons. The second kappa shape index (κ2) is 8.39. The maximum atomic E-state index is 12.1. The van der Waals surface area contributed by atoms with E-state index in [0.29, 0.717) is 12.6 Å². The molecule has 1 saturated heterocycles. The van der Waals surface area contributed by atoms with Crippen LogP contribution in [0.1, 0.15) is 25.3 Å². The number of carbonyl (C=O) groups is 1. The third-order valence-electron chi connectivity index (χ3n) is 3.76. The fourth-order valence-electron chi connectivity index (χ4n) is 2.58. The summed E-state index contributed by atoms with van der Waals surface area (Å²) in [4.78, 5) is 14.0. The van der Waals surface area contributed by atoms with Crippen molar-refractivity contribution in [3.05, 3.63) is 34.3 Å². The molecule has 1 fully saturated rings. The molecule has 1 aliphatic heterocycles. The summed E-state index contributed by atoms with van der Waals surface area (Å²) in [5, 5.41) is 3.00. The predicted molar refractivity (Wildman–Crippen MR) is 87.5 cm³/mol. The number of hydrogen-bond donors (Lipinski definition) is 1.